The van der Waals surface area contributed by atoms with E-state index in [1.54, 1.807) is 12.1 Å². The lowest BCUT2D eigenvalue weighted by Crippen LogP contribution is -2.04. The molecule has 0 saturated heterocycles. The molecule has 1 rings (SSSR count). The predicted molar refractivity (Wildman–Crippen MR) is 54.1 cm³/mol. The Balaban J connectivity index is 3.06. The Hall–Kier alpha value is -0.860. The van der Waals surface area contributed by atoms with Gasteiger partial charge in [0.2, 0.25) is 0 Å². The summed E-state index contributed by atoms with van der Waals surface area (Å²) >= 11 is 5.44. The standard InChI is InChI=1S/C10H12ClNO/c1-7-2-3-8(10(13)5-11)4-9(7)6-12/h2-4H,5-6,12H2,1H3. The van der Waals surface area contributed by atoms with Crippen LogP contribution in [0.15, 0.2) is 18.2 Å². The molecule has 0 heterocycles. The van der Waals surface area contributed by atoms with Crippen molar-refractivity contribution in [1.82, 2.24) is 0 Å². The van der Waals surface area contributed by atoms with Gasteiger partial charge in [-0.25, -0.2) is 0 Å². The Kier molecular flexibility index (Phi) is 3.46. The average Bonchev–Trinajstić information content (AvgIpc) is 2.17. The van der Waals surface area contributed by atoms with Crippen molar-refractivity contribution in [3.05, 3.63) is 34.9 Å². The fourth-order valence-electron chi connectivity index (χ4n) is 1.14. The van der Waals surface area contributed by atoms with E-state index < -0.39 is 0 Å². The van der Waals surface area contributed by atoms with Crippen LogP contribution in [-0.4, -0.2) is 11.7 Å². The third-order valence-electron chi connectivity index (χ3n) is 2.01. The minimum absolute atomic E-state index is 0.0209. The van der Waals surface area contributed by atoms with Crippen molar-refractivity contribution < 1.29 is 4.79 Å². The number of carbonyl (C=O) groups excluding carboxylic acids is 1. The van der Waals surface area contributed by atoms with E-state index in [2.05, 4.69) is 0 Å². The van der Waals surface area contributed by atoms with Crippen LogP contribution in [0, 0.1) is 6.92 Å². The van der Waals surface area contributed by atoms with Gasteiger partial charge in [-0.05, 0) is 24.1 Å². The summed E-state index contributed by atoms with van der Waals surface area (Å²) in [5, 5.41) is 0. The summed E-state index contributed by atoms with van der Waals surface area (Å²) in [6.07, 6.45) is 0. The maximum absolute atomic E-state index is 11.2. The van der Waals surface area contributed by atoms with E-state index in [1.807, 2.05) is 13.0 Å². The van der Waals surface area contributed by atoms with Crippen molar-refractivity contribution in [2.24, 2.45) is 5.73 Å². The Morgan fingerprint density at radius 1 is 1.54 bits per heavy atom. The highest BCUT2D eigenvalue weighted by Crippen LogP contribution is 2.11. The Morgan fingerprint density at radius 2 is 2.23 bits per heavy atom. The van der Waals surface area contributed by atoms with Gasteiger partial charge in [-0.2, -0.15) is 0 Å². The quantitative estimate of drug-likeness (QED) is 0.594. The number of hydrogen-bond acceptors (Lipinski definition) is 2. The number of benzene rings is 1. The van der Waals surface area contributed by atoms with Gasteiger partial charge in [0.05, 0.1) is 5.88 Å². The number of halogens is 1. The van der Waals surface area contributed by atoms with Gasteiger partial charge in [0.25, 0.3) is 0 Å². The highest BCUT2D eigenvalue weighted by atomic mass is 35.5. The number of ketones is 1. The van der Waals surface area contributed by atoms with E-state index in [-0.39, 0.29) is 11.7 Å². The normalized spacial score (nSPS) is 10.1. The molecule has 2 N–H and O–H groups in total. The molecular formula is C10H12ClNO. The maximum Gasteiger partial charge on any atom is 0.177 e. The molecule has 1 aromatic carbocycles. The van der Waals surface area contributed by atoms with E-state index in [0.29, 0.717) is 12.1 Å². The molecule has 0 unspecified atom stereocenters. The molecule has 13 heavy (non-hydrogen) atoms. The number of nitrogens with two attached hydrogens (primary N) is 1. The summed E-state index contributed by atoms with van der Waals surface area (Å²) in [7, 11) is 0. The molecule has 0 saturated carbocycles. The topological polar surface area (TPSA) is 43.1 Å². The third kappa shape index (κ3) is 2.29. The van der Waals surface area contributed by atoms with Crippen LogP contribution < -0.4 is 5.73 Å². The van der Waals surface area contributed by atoms with Crippen molar-refractivity contribution in [3.63, 3.8) is 0 Å². The zero-order valence-corrected chi connectivity index (χ0v) is 8.27. The number of rotatable bonds is 3. The van der Waals surface area contributed by atoms with Crippen LogP contribution in [0.4, 0.5) is 0 Å². The molecule has 1 aromatic rings. The Bertz CT molecular complexity index is 323. The molecule has 0 aliphatic heterocycles. The van der Waals surface area contributed by atoms with Gasteiger partial charge in [0, 0.05) is 12.1 Å². The van der Waals surface area contributed by atoms with Gasteiger partial charge in [-0.15, -0.1) is 11.6 Å². The van der Waals surface area contributed by atoms with E-state index in [4.69, 9.17) is 17.3 Å². The first-order chi connectivity index (χ1) is 6.19. The van der Waals surface area contributed by atoms with E-state index >= 15 is 0 Å². The molecule has 70 valence electrons. The highest BCUT2D eigenvalue weighted by molar-refractivity contribution is 6.30. The zero-order valence-electron chi connectivity index (χ0n) is 7.51. The van der Waals surface area contributed by atoms with Crippen LogP contribution in [0.25, 0.3) is 0 Å². The molecule has 0 amide bonds. The lowest BCUT2D eigenvalue weighted by Gasteiger charge is -2.04. The first-order valence-corrected chi connectivity index (χ1v) is 4.61. The zero-order chi connectivity index (χ0) is 9.84. The van der Waals surface area contributed by atoms with Gasteiger partial charge in [0.1, 0.15) is 0 Å². The van der Waals surface area contributed by atoms with E-state index in [0.717, 1.165) is 11.1 Å². The molecule has 0 radical (unpaired) electrons. The Labute approximate surface area is 82.7 Å². The van der Waals surface area contributed by atoms with Crippen molar-refractivity contribution in [2.75, 3.05) is 5.88 Å². The van der Waals surface area contributed by atoms with Crippen LogP contribution in [0.1, 0.15) is 21.5 Å². The molecule has 0 aromatic heterocycles. The second-order valence-corrected chi connectivity index (χ2v) is 3.17. The molecule has 0 spiro atoms. The summed E-state index contributed by atoms with van der Waals surface area (Å²) in [6, 6.07) is 5.47. The molecule has 0 aliphatic carbocycles. The SMILES string of the molecule is Cc1ccc(C(=O)CCl)cc1CN. The van der Waals surface area contributed by atoms with Crippen LogP contribution in [0.2, 0.25) is 0 Å². The van der Waals surface area contributed by atoms with Gasteiger partial charge in [-0.3, -0.25) is 4.79 Å². The fourth-order valence-corrected chi connectivity index (χ4v) is 1.30. The second-order valence-electron chi connectivity index (χ2n) is 2.90. The molecule has 0 bridgehead atoms. The first-order valence-electron chi connectivity index (χ1n) is 4.07. The minimum Gasteiger partial charge on any atom is -0.326 e. The maximum atomic E-state index is 11.2. The number of aryl methyl sites for hydroxylation is 1. The summed E-state index contributed by atoms with van der Waals surface area (Å²) in [4.78, 5) is 11.2. The van der Waals surface area contributed by atoms with E-state index in [9.17, 15) is 4.79 Å². The van der Waals surface area contributed by atoms with Crippen molar-refractivity contribution in [2.45, 2.75) is 13.5 Å². The largest absolute Gasteiger partial charge is 0.326 e. The van der Waals surface area contributed by atoms with Crippen molar-refractivity contribution in [1.29, 1.82) is 0 Å². The number of carbonyl (C=O) groups is 1. The van der Waals surface area contributed by atoms with Crippen LogP contribution >= 0.6 is 11.6 Å². The van der Waals surface area contributed by atoms with Gasteiger partial charge in [-0.1, -0.05) is 12.1 Å². The van der Waals surface area contributed by atoms with Crippen LogP contribution in [0.3, 0.4) is 0 Å². The monoisotopic (exact) mass is 197 g/mol. The summed E-state index contributed by atoms with van der Waals surface area (Å²) < 4.78 is 0. The number of alkyl halides is 1. The number of hydrogen-bond donors (Lipinski definition) is 1. The van der Waals surface area contributed by atoms with Gasteiger partial charge >= 0.3 is 0 Å². The predicted octanol–water partition coefficient (Wildman–Crippen LogP) is 1.88. The van der Waals surface area contributed by atoms with Gasteiger partial charge in [0.15, 0.2) is 5.78 Å². The van der Waals surface area contributed by atoms with Crippen LogP contribution in [-0.2, 0) is 6.54 Å². The summed E-state index contributed by atoms with van der Waals surface area (Å²) in [5.41, 5.74) is 8.26. The smallest absolute Gasteiger partial charge is 0.177 e. The van der Waals surface area contributed by atoms with Crippen LogP contribution in [0.5, 0.6) is 0 Å². The lowest BCUT2D eigenvalue weighted by molar-refractivity contribution is 0.102. The Morgan fingerprint density at radius 3 is 2.77 bits per heavy atom. The first kappa shape index (κ1) is 10.2. The van der Waals surface area contributed by atoms with Crippen molar-refractivity contribution >= 4 is 17.4 Å². The highest BCUT2D eigenvalue weighted by Gasteiger charge is 2.05. The minimum atomic E-state index is -0.0589. The average molecular weight is 198 g/mol. The van der Waals surface area contributed by atoms with E-state index in [1.165, 1.54) is 0 Å². The number of Topliss-reactive ketones (excluding diaryl/α,β-unsaturated/α-hetero) is 1. The second kappa shape index (κ2) is 4.40. The molecule has 0 aliphatic rings. The fraction of sp³-hybridized carbons (Fsp3) is 0.300. The molecule has 0 fully saturated rings. The van der Waals surface area contributed by atoms with Crippen molar-refractivity contribution in [3.8, 4) is 0 Å². The summed E-state index contributed by atoms with van der Waals surface area (Å²) in [5.74, 6) is -0.0380. The molecule has 0 atom stereocenters. The third-order valence-corrected chi connectivity index (χ3v) is 2.26. The van der Waals surface area contributed by atoms with Gasteiger partial charge < -0.3 is 5.73 Å². The molecule has 3 heteroatoms. The molecule has 2 nitrogen and oxygen atoms in total. The lowest BCUT2D eigenvalue weighted by atomic mass is 10.0. The molecular weight excluding hydrogens is 186 g/mol. The summed E-state index contributed by atoms with van der Waals surface area (Å²) in [6.45, 7) is 2.42.